The topological polar surface area (TPSA) is 59.1 Å². The van der Waals surface area contributed by atoms with Crippen molar-refractivity contribution in [3.8, 4) is 5.75 Å². The van der Waals surface area contributed by atoms with Crippen molar-refractivity contribution in [1.29, 1.82) is 0 Å². The molecule has 0 bridgehead atoms. The number of hydroxylamine groups is 1. The number of carbonyl (C=O) groups excluding carboxylic acids is 2. The van der Waals surface area contributed by atoms with E-state index in [4.69, 9.17) is 9.57 Å². The Morgan fingerprint density at radius 3 is 2.00 bits per heavy atom. The summed E-state index contributed by atoms with van der Waals surface area (Å²) in [5, 5.41) is 1.72. The number of ether oxygens (including phenoxy) is 1. The fraction of sp³-hybridized carbons (Fsp3) is 0.161. The molecule has 2 fully saturated rings. The number of amides is 2. The van der Waals surface area contributed by atoms with Crippen LogP contribution in [-0.4, -0.2) is 25.0 Å². The van der Waals surface area contributed by atoms with E-state index < -0.39 is 17.6 Å². The number of methoxy groups -OCH3 is 1. The minimum atomic E-state index is -1.31. The molecule has 4 aromatic rings. The number of imide groups is 1. The molecule has 4 aromatic carbocycles. The molecule has 2 aliphatic heterocycles. The maximum atomic E-state index is 14.7. The Bertz CT molecular complexity index is 1440. The molecule has 3 atom stereocenters. The largest absolute Gasteiger partial charge is 0.497 e. The highest BCUT2D eigenvalue weighted by Gasteiger charge is 2.72. The van der Waals surface area contributed by atoms with Gasteiger partial charge in [-0.15, -0.1) is 0 Å². The number of hydrogen-bond donors (Lipinski definition) is 0. The minimum absolute atomic E-state index is 0.309. The second kappa shape index (κ2) is 8.91. The van der Waals surface area contributed by atoms with E-state index in [0.717, 1.165) is 22.4 Å². The third kappa shape index (κ3) is 3.44. The highest BCUT2D eigenvalue weighted by Crippen LogP contribution is 2.57. The van der Waals surface area contributed by atoms with Crippen LogP contribution in [0, 0.1) is 6.92 Å². The summed E-state index contributed by atoms with van der Waals surface area (Å²) in [6.07, 6.45) is -1.05. The molecule has 0 saturated carbocycles. The van der Waals surface area contributed by atoms with Gasteiger partial charge >= 0.3 is 0 Å². The fourth-order valence-electron chi connectivity index (χ4n) is 5.51. The van der Waals surface area contributed by atoms with Crippen molar-refractivity contribution in [2.75, 3.05) is 17.1 Å². The number of aryl methyl sites for hydroxylation is 1. The van der Waals surface area contributed by atoms with E-state index in [1.807, 2.05) is 116 Å². The predicted octanol–water partition coefficient (Wildman–Crippen LogP) is 5.38. The van der Waals surface area contributed by atoms with Gasteiger partial charge in [0.15, 0.2) is 6.10 Å². The van der Waals surface area contributed by atoms with Crippen molar-refractivity contribution in [2.24, 2.45) is 0 Å². The normalized spacial score (nSPS) is 22.9. The zero-order chi connectivity index (χ0) is 25.6. The number of hydrogen-bond acceptors (Lipinski definition) is 5. The number of fused-ring (bicyclic) bond motifs is 1. The summed E-state index contributed by atoms with van der Waals surface area (Å²) in [5.41, 5.74) is 2.59. The average molecular weight is 491 g/mol. The summed E-state index contributed by atoms with van der Waals surface area (Å²) in [5.74, 6) is 0.0146. The van der Waals surface area contributed by atoms with Crippen LogP contribution in [0.2, 0.25) is 0 Å². The smallest absolute Gasteiger partial charge is 0.267 e. The minimum Gasteiger partial charge on any atom is -0.497 e. The molecule has 6 nitrogen and oxygen atoms in total. The van der Waals surface area contributed by atoms with Gasteiger partial charge in [-0.05, 0) is 54.4 Å². The van der Waals surface area contributed by atoms with Gasteiger partial charge in [-0.3, -0.25) is 14.4 Å². The van der Waals surface area contributed by atoms with E-state index in [0.29, 0.717) is 11.4 Å². The summed E-state index contributed by atoms with van der Waals surface area (Å²) >= 11 is 0. The van der Waals surface area contributed by atoms with Crippen LogP contribution in [0.3, 0.4) is 0 Å². The summed E-state index contributed by atoms with van der Waals surface area (Å²) in [7, 11) is 1.62. The average Bonchev–Trinajstić information content (AvgIpc) is 3.41. The van der Waals surface area contributed by atoms with E-state index in [9.17, 15) is 9.59 Å². The van der Waals surface area contributed by atoms with Crippen molar-refractivity contribution < 1.29 is 19.2 Å². The first-order valence-corrected chi connectivity index (χ1v) is 12.2. The zero-order valence-electron chi connectivity index (χ0n) is 20.6. The van der Waals surface area contributed by atoms with Crippen LogP contribution in [0.15, 0.2) is 109 Å². The summed E-state index contributed by atoms with van der Waals surface area (Å²) in [6, 6.07) is 33.5. The Kier molecular flexibility index (Phi) is 5.54. The molecule has 6 rings (SSSR count). The molecule has 2 aliphatic rings. The number of anilines is 2. The third-order valence-electron chi connectivity index (χ3n) is 7.29. The molecule has 2 heterocycles. The van der Waals surface area contributed by atoms with Crippen LogP contribution in [0.5, 0.6) is 5.75 Å². The molecule has 2 saturated heterocycles. The van der Waals surface area contributed by atoms with E-state index in [-0.39, 0.29) is 11.8 Å². The van der Waals surface area contributed by atoms with Crippen LogP contribution in [-0.2, 0) is 19.8 Å². The molecule has 0 spiro atoms. The Hall–Kier alpha value is -4.42. The second-order valence-corrected chi connectivity index (χ2v) is 9.37. The number of nitrogens with zero attached hydrogens (tertiary/aromatic N) is 2. The Morgan fingerprint density at radius 1 is 0.757 bits per heavy atom. The van der Waals surface area contributed by atoms with E-state index in [1.165, 1.54) is 4.90 Å². The summed E-state index contributed by atoms with van der Waals surface area (Å²) < 4.78 is 5.39. The van der Waals surface area contributed by atoms with E-state index in [1.54, 1.807) is 12.2 Å². The van der Waals surface area contributed by atoms with E-state index in [2.05, 4.69) is 0 Å². The van der Waals surface area contributed by atoms with Gasteiger partial charge in [0.2, 0.25) is 5.91 Å². The molecule has 0 radical (unpaired) electrons. The van der Waals surface area contributed by atoms with Gasteiger partial charge in [0.25, 0.3) is 5.91 Å². The summed E-state index contributed by atoms with van der Waals surface area (Å²) in [6.45, 7) is 1.97. The molecule has 6 heteroatoms. The number of para-hydroxylation sites is 1. The second-order valence-electron chi connectivity index (χ2n) is 9.37. The van der Waals surface area contributed by atoms with Gasteiger partial charge < -0.3 is 4.74 Å². The lowest BCUT2D eigenvalue weighted by Gasteiger charge is -2.35. The first-order valence-electron chi connectivity index (χ1n) is 12.2. The monoisotopic (exact) mass is 490 g/mol. The standard InChI is InChI=1S/C31H26N2O4/c1-21-13-17-24(18-14-21)32-29(34)28-31(30(32)35,23-9-5-3-6-10-23)27(22-15-19-26(36-2)20-16-22)33(37-28)25-11-7-4-8-12-25/h3-20,27-28H,1-2H3/t27-,28-,31-/m0/s1. The molecule has 0 N–H and O–H groups in total. The molecule has 0 aromatic heterocycles. The first-order chi connectivity index (χ1) is 18.1. The Labute approximate surface area is 215 Å². The van der Waals surface area contributed by atoms with E-state index >= 15 is 0 Å². The van der Waals surface area contributed by atoms with Gasteiger partial charge in [-0.2, -0.15) is 0 Å². The number of rotatable bonds is 5. The Balaban J connectivity index is 1.60. The van der Waals surface area contributed by atoms with Crippen molar-refractivity contribution in [3.05, 3.63) is 126 Å². The highest BCUT2D eigenvalue weighted by molar-refractivity contribution is 6.28. The van der Waals surface area contributed by atoms with Crippen LogP contribution in [0.25, 0.3) is 0 Å². The van der Waals surface area contributed by atoms with Crippen molar-refractivity contribution in [2.45, 2.75) is 24.5 Å². The molecule has 37 heavy (non-hydrogen) atoms. The van der Waals surface area contributed by atoms with Gasteiger partial charge in [-0.1, -0.05) is 78.4 Å². The maximum absolute atomic E-state index is 14.7. The summed E-state index contributed by atoms with van der Waals surface area (Å²) in [4.78, 5) is 36.5. The van der Waals surface area contributed by atoms with Crippen molar-refractivity contribution in [3.63, 3.8) is 0 Å². The van der Waals surface area contributed by atoms with Crippen LogP contribution in [0.4, 0.5) is 11.4 Å². The maximum Gasteiger partial charge on any atom is 0.267 e. The molecular weight excluding hydrogens is 464 g/mol. The van der Waals surface area contributed by atoms with Crippen molar-refractivity contribution in [1.82, 2.24) is 0 Å². The van der Waals surface area contributed by atoms with Gasteiger partial charge in [0.05, 0.1) is 18.5 Å². The fourth-order valence-corrected chi connectivity index (χ4v) is 5.51. The Morgan fingerprint density at radius 2 is 1.38 bits per heavy atom. The number of carbonyl (C=O) groups is 2. The zero-order valence-corrected chi connectivity index (χ0v) is 20.6. The van der Waals surface area contributed by atoms with Crippen LogP contribution in [0.1, 0.15) is 22.7 Å². The molecule has 2 amide bonds. The quantitative estimate of drug-likeness (QED) is 0.352. The molecule has 0 unspecified atom stereocenters. The molecule has 0 aliphatic carbocycles. The SMILES string of the molecule is COc1ccc([C@@H]2N(c3ccccc3)O[C@H]3C(=O)N(c4ccc(C)cc4)C(=O)[C@@]23c2ccccc2)cc1. The number of benzene rings is 4. The van der Waals surface area contributed by atoms with Gasteiger partial charge in [0.1, 0.15) is 17.2 Å². The van der Waals surface area contributed by atoms with Gasteiger partial charge in [-0.25, -0.2) is 9.96 Å². The first kappa shape index (κ1) is 23.0. The lowest BCUT2D eigenvalue weighted by Crippen LogP contribution is -2.46. The van der Waals surface area contributed by atoms with Crippen LogP contribution >= 0.6 is 0 Å². The van der Waals surface area contributed by atoms with Crippen LogP contribution < -0.4 is 14.7 Å². The third-order valence-corrected chi connectivity index (χ3v) is 7.29. The lowest BCUT2D eigenvalue weighted by molar-refractivity contribution is -0.126. The highest BCUT2D eigenvalue weighted by atomic mass is 16.7. The van der Waals surface area contributed by atoms with Gasteiger partial charge in [0, 0.05) is 0 Å². The molecule has 184 valence electrons. The molecular formula is C31H26N2O4. The van der Waals surface area contributed by atoms with Crippen molar-refractivity contribution >= 4 is 23.2 Å². The lowest BCUT2D eigenvalue weighted by atomic mass is 9.69. The predicted molar refractivity (Wildman–Crippen MR) is 141 cm³/mol.